The van der Waals surface area contributed by atoms with Crippen LogP contribution in [-0.2, 0) is 19.0 Å². The number of allylic oxidation sites excluding steroid dienone is 1. The van der Waals surface area contributed by atoms with E-state index in [-0.39, 0.29) is 5.76 Å². The standard InChI is InChI=1S/C13H14O5/c1-8-11(12(14)16-3)18-13(17-8)9-4-6-10(15-2)7-5-9/h4-7,13H,1-3H3. The van der Waals surface area contributed by atoms with Crippen LogP contribution in [0, 0.1) is 0 Å². The molecule has 0 fully saturated rings. The minimum absolute atomic E-state index is 0.110. The fraction of sp³-hybridized carbons (Fsp3) is 0.308. The third-order valence-corrected chi connectivity index (χ3v) is 2.59. The molecule has 5 nitrogen and oxygen atoms in total. The Bertz CT molecular complexity index is 475. The summed E-state index contributed by atoms with van der Waals surface area (Å²) in [7, 11) is 2.89. The normalized spacial score (nSPS) is 18.1. The Hall–Kier alpha value is -2.17. The molecular weight excluding hydrogens is 236 g/mol. The van der Waals surface area contributed by atoms with Crippen molar-refractivity contribution in [1.29, 1.82) is 0 Å². The van der Waals surface area contributed by atoms with Crippen LogP contribution in [0.3, 0.4) is 0 Å². The second kappa shape index (κ2) is 5.00. The lowest BCUT2D eigenvalue weighted by atomic mass is 10.2. The van der Waals surface area contributed by atoms with Gasteiger partial charge in [0.15, 0.2) is 0 Å². The van der Waals surface area contributed by atoms with Crippen molar-refractivity contribution in [1.82, 2.24) is 0 Å². The molecule has 0 aromatic heterocycles. The molecule has 5 heteroatoms. The summed E-state index contributed by atoms with van der Waals surface area (Å²) in [6.45, 7) is 1.66. The molecule has 1 aliphatic rings. The van der Waals surface area contributed by atoms with Crippen molar-refractivity contribution in [2.75, 3.05) is 14.2 Å². The monoisotopic (exact) mass is 250 g/mol. The second-order valence-corrected chi connectivity index (χ2v) is 3.72. The predicted molar refractivity (Wildman–Crippen MR) is 62.6 cm³/mol. The highest BCUT2D eigenvalue weighted by Crippen LogP contribution is 2.33. The number of benzene rings is 1. The Labute approximate surface area is 105 Å². The molecule has 1 aliphatic heterocycles. The Morgan fingerprint density at radius 1 is 1.17 bits per heavy atom. The van der Waals surface area contributed by atoms with E-state index in [1.807, 2.05) is 12.1 Å². The lowest BCUT2D eigenvalue weighted by molar-refractivity contribution is -0.142. The van der Waals surface area contributed by atoms with Crippen LogP contribution in [0.25, 0.3) is 0 Å². The highest BCUT2D eigenvalue weighted by atomic mass is 16.7. The zero-order chi connectivity index (χ0) is 13.1. The smallest absolute Gasteiger partial charge is 0.377 e. The van der Waals surface area contributed by atoms with Gasteiger partial charge in [0, 0.05) is 5.56 Å². The maximum absolute atomic E-state index is 11.4. The van der Waals surface area contributed by atoms with Gasteiger partial charge in [-0.1, -0.05) is 0 Å². The van der Waals surface area contributed by atoms with E-state index in [1.54, 1.807) is 26.2 Å². The van der Waals surface area contributed by atoms with Crippen molar-refractivity contribution in [2.45, 2.75) is 13.2 Å². The molecule has 96 valence electrons. The van der Waals surface area contributed by atoms with Crippen molar-refractivity contribution in [2.24, 2.45) is 0 Å². The molecule has 1 aromatic rings. The first-order chi connectivity index (χ1) is 8.65. The molecule has 0 saturated heterocycles. The fourth-order valence-corrected chi connectivity index (χ4v) is 1.61. The minimum atomic E-state index is -0.620. The Balaban J connectivity index is 2.12. The van der Waals surface area contributed by atoms with E-state index in [1.165, 1.54) is 7.11 Å². The van der Waals surface area contributed by atoms with Gasteiger partial charge in [0.05, 0.1) is 14.2 Å². The van der Waals surface area contributed by atoms with Gasteiger partial charge in [-0.15, -0.1) is 0 Å². The molecule has 0 radical (unpaired) electrons. The van der Waals surface area contributed by atoms with Gasteiger partial charge in [0.2, 0.25) is 5.76 Å². The zero-order valence-corrected chi connectivity index (χ0v) is 10.4. The van der Waals surface area contributed by atoms with E-state index >= 15 is 0 Å². The summed E-state index contributed by atoms with van der Waals surface area (Å²) in [6.07, 6.45) is -0.620. The summed E-state index contributed by atoms with van der Waals surface area (Å²) in [4.78, 5) is 11.4. The van der Waals surface area contributed by atoms with Gasteiger partial charge >= 0.3 is 5.97 Å². The molecule has 0 amide bonds. The van der Waals surface area contributed by atoms with Crippen molar-refractivity contribution >= 4 is 5.97 Å². The van der Waals surface area contributed by atoms with Crippen LogP contribution in [0.5, 0.6) is 5.75 Å². The van der Waals surface area contributed by atoms with Gasteiger partial charge in [0.1, 0.15) is 11.5 Å². The number of methoxy groups -OCH3 is 2. The molecular formula is C13H14O5. The number of hydrogen-bond donors (Lipinski definition) is 0. The minimum Gasteiger partial charge on any atom is -0.497 e. The van der Waals surface area contributed by atoms with Crippen molar-refractivity contribution in [3.05, 3.63) is 41.3 Å². The second-order valence-electron chi connectivity index (χ2n) is 3.72. The van der Waals surface area contributed by atoms with Crippen molar-refractivity contribution in [3.63, 3.8) is 0 Å². The molecule has 0 bridgehead atoms. The summed E-state index contributed by atoms with van der Waals surface area (Å²) in [5, 5.41) is 0. The summed E-state index contributed by atoms with van der Waals surface area (Å²) in [5.74, 6) is 0.735. The third-order valence-electron chi connectivity index (χ3n) is 2.59. The largest absolute Gasteiger partial charge is 0.497 e. The average molecular weight is 250 g/mol. The molecule has 2 rings (SSSR count). The molecule has 1 aromatic carbocycles. The topological polar surface area (TPSA) is 54.0 Å². The average Bonchev–Trinajstić information content (AvgIpc) is 2.80. The zero-order valence-electron chi connectivity index (χ0n) is 10.4. The van der Waals surface area contributed by atoms with Crippen molar-refractivity contribution < 1.29 is 23.7 Å². The first-order valence-corrected chi connectivity index (χ1v) is 5.42. The molecule has 0 saturated carbocycles. The number of carbonyl (C=O) groups is 1. The van der Waals surface area contributed by atoms with Gasteiger partial charge in [0.25, 0.3) is 6.29 Å². The third kappa shape index (κ3) is 2.25. The van der Waals surface area contributed by atoms with Gasteiger partial charge in [-0.05, 0) is 31.2 Å². The number of esters is 1. The van der Waals surface area contributed by atoms with E-state index in [0.29, 0.717) is 5.76 Å². The van der Waals surface area contributed by atoms with E-state index in [9.17, 15) is 4.79 Å². The number of carbonyl (C=O) groups excluding carboxylic acids is 1. The summed E-state index contributed by atoms with van der Waals surface area (Å²) >= 11 is 0. The molecule has 0 aliphatic carbocycles. The van der Waals surface area contributed by atoms with Crippen LogP contribution < -0.4 is 4.74 Å². The first kappa shape index (κ1) is 12.3. The quantitative estimate of drug-likeness (QED) is 0.769. The van der Waals surface area contributed by atoms with Crippen LogP contribution >= 0.6 is 0 Å². The molecule has 0 N–H and O–H groups in total. The van der Waals surface area contributed by atoms with Gasteiger partial charge in [-0.3, -0.25) is 0 Å². The van der Waals surface area contributed by atoms with E-state index in [2.05, 4.69) is 4.74 Å². The first-order valence-electron chi connectivity index (χ1n) is 5.42. The van der Waals surface area contributed by atoms with Crippen molar-refractivity contribution in [3.8, 4) is 5.75 Å². The van der Waals surface area contributed by atoms with Gasteiger partial charge in [-0.25, -0.2) is 4.79 Å². The van der Waals surface area contributed by atoms with E-state index in [0.717, 1.165) is 11.3 Å². The van der Waals surface area contributed by atoms with Crippen LogP contribution in [0.4, 0.5) is 0 Å². The maximum Gasteiger partial charge on any atom is 0.377 e. The lowest BCUT2D eigenvalue weighted by Gasteiger charge is -2.12. The van der Waals surface area contributed by atoms with Gasteiger partial charge < -0.3 is 18.9 Å². The van der Waals surface area contributed by atoms with Crippen LogP contribution in [0.2, 0.25) is 0 Å². The van der Waals surface area contributed by atoms with Crippen LogP contribution in [-0.4, -0.2) is 20.2 Å². The van der Waals surface area contributed by atoms with E-state index < -0.39 is 12.3 Å². The Morgan fingerprint density at radius 2 is 1.83 bits per heavy atom. The Morgan fingerprint density at radius 3 is 2.39 bits per heavy atom. The molecule has 18 heavy (non-hydrogen) atoms. The summed E-state index contributed by atoms with van der Waals surface area (Å²) in [5.41, 5.74) is 0.800. The summed E-state index contributed by atoms with van der Waals surface area (Å²) in [6, 6.07) is 7.23. The van der Waals surface area contributed by atoms with Crippen LogP contribution in [0.15, 0.2) is 35.8 Å². The maximum atomic E-state index is 11.4. The number of hydrogen-bond acceptors (Lipinski definition) is 5. The highest BCUT2D eigenvalue weighted by Gasteiger charge is 2.31. The van der Waals surface area contributed by atoms with Crippen LogP contribution in [0.1, 0.15) is 18.8 Å². The summed E-state index contributed by atoms with van der Waals surface area (Å²) < 4.78 is 20.6. The molecule has 0 spiro atoms. The van der Waals surface area contributed by atoms with Gasteiger partial charge in [-0.2, -0.15) is 0 Å². The SMILES string of the molecule is COC(=O)C1=C(C)OC(c2ccc(OC)cc2)O1. The van der Waals surface area contributed by atoms with E-state index in [4.69, 9.17) is 14.2 Å². The number of ether oxygens (including phenoxy) is 4. The highest BCUT2D eigenvalue weighted by molar-refractivity contribution is 5.86. The number of rotatable bonds is 3. The molecule has 1 heterocycles. The lowest BCUT2D eigenvalue weighted by Crippen LogP contribution is -2.07. The molecule has 1 unspecified atom stereocenters. The predicted octanol–water partition coefficient (Wildman–Crippen LogP) is 2.15. The fourth-order valence-electron chi connectivity index (χ4n) is 1.61. The molecule has 1 atom stereocenters. The Kier molecular flexibility index (Phi) is 3.41.